The quantitative estimate of drug-likeness (QED) is 0.917. The van der Waals surface area contributed by atoms with Crippen LogP contribution in [0.5, 0.6) is 0 Å². The Morgan fingerprint density at radius 2 is 2.00 bits per heavy atom. The molecule has 1 heterocycles. The molecular formula is C17H23ClN2. The van der Waals surface area contributed by atoms with E-state index < -0.39 is 0 Å². The summed E-state index contributed by atoms with van der Waals surface area (Å²) in [7, 11) is 0. The van der Waals surface area contributed by atoms with Gasteiger partial charge in [0, 0.05) is 23.7 Å². The van der Waals surface area contributed by atoms with Crippen molar-refractivity contribution in [1.29, 1.82) is 0 Å². The Hall–Kier alpha value is -0.570. The van der Waals surface area contributed by atoms with Crippen molar-refractivity contribution in [3.63, 3.8) is 0 Å². The predicted molar refractivity (Wildman–Crippen MR) is 83.4 cm³/mol. The van der Waals surface area contributed by atoms with E-state index in [0.29, 0.717) is 6.04 Å². The van der Waals surface area contributed by atoms with Gasteiger partial charge in [0.2, 0.25) is 0 Å². The second-order valence-electron chi connectivity index (χ2n) is 6.81. The predicted octanol–water partition coefficient (Wildman–Crippen LogP) is 2.88. The smallest absolute Gasteiger partial charge is 0.0408 e. The third-order valence-electron chi connectivity index (χ3n) is 5.18. The number of benzene rings is 1. The van der Waals surface area contributed by atoms with Gasteiger partial charge in [0.1, 0.15) is 0 Å². The van der Waals surface area contributed by atoms with Crippen molar-refractivity contribution < 1.29 is 0 Å². The first kappa shape index (κ1) is 13.1. The summed E-state index contributed by atoms with van der Waals surface area (Å²) >= 11 is 6.08. The molecule has 20 heavy (non-hydrogen) atoms. The van der Waals surface area contributed by atoms with Crippen LogP contribution < -0.4 is 5.32 Å². The molecule has 1 N–H and O–H groups in total. The minimum atomic E-state index is 0.624. The summed E-state index contributed by atoms with van der Waals surface area (Å²) in [5.41, 5.74) is 2.93. The van der Waals surface area contributed by atoms with E-state index in [2.05, 4.69) is 22.3 Å². The lowest BCUT2D eigenvalue weighted by atomic mass is 10.1. The second kappa shape index (κ2) is 5.32. The van der Waals surface area contributed by atoms with Crippen LogP contribution in [0.4, 0.5) is 0 Å². The van der Waals surface area contributed by atoms with Crippen LogP contribution in [0.25, 0.3) is 0 Å². The van der Waals surface area contributed by atoms with Gasteiger partial charge in [-0.15, -0.1) is 0 Å². The normalized spacial score (nSPS) is 29.9. The zero-order valence-corrected chi connectivity index (χ0v) is 12.7. The highest BCUT2D eigenvalue weighted by molar-refractivity contribution is 6.30. The number of nitrogens with one attached hydrogen (secondary N) is 1. The molecule has 0 bridgehead atoms. The van der Waals surface area contributed by atoms with Crippen LogP contribution >= 0.6 is 11.6 Å². The molecule has 1 aliphatic heterocycles. The lowest BCUT2D eigenvalue weighted by Gasteiger charge is -2.17. The van der Waals surface area contributed by atoms with E-state index in [4.69, 9.17) is 11.6 Å². The van der Waals surface area contributed by atoms with Gasteiger partial charge in [0.15, 0.2) is 0 Å². The summed E-state index contributed by atoms with van der Waals surface area (Å²) in [5, 5.41) is 4.68. The summed E-state index contributed by atoms with van der Waals surface area (Å²) in [5.74, 6) is 0.864. The van der Waals surface area contributed by atoms with Crippen LogP contribution in [0.3, 0.4) is 0 Å². The third-order valence-corrected chi connectivity index (χ3v) is 5.41. The lowest BCUT2D eigenvalue weighted by molar-refractivity contribution is 0.309. The molecule has 0 radical (unpaired) electrons. The molecule has 0 amide bonds. The first-order valence-electron chi connectivity index (χ1n) is 8.02. The standard InChI is InChI=1S/C17H23ClN2/c18-15-2-1-13-8-16(9-14(13)7-15)19-10-12-5-6-20(11-12)17-3-4-17/h1-2,7,12,16-17,19H,3-6,8-11H2. The Bertz CT molecular complexity index is 498. The maximum Gasteiger partial charge on any atom is 0.0408 e. The summed E-state index contributed by atoms with van der Waals surface area (Å²) in [4.78, 5) is 2.70. The Morgan fingerprint density at radius 1 is 1.15 bits per heavy atom. The molecule has 4 rings (SSSR count). The van der Waals surface area contributed by atoms with Crippen molar-refractivity contribution in [3.05, 3.63) is 34.3 Å². The van der Waals surface area contributed by atoms with Gasteiger partial charge >= 0.3 is 0 Å². The van der Waals surface area contributed by atoms with Crippen molar-refractivity contribution in [2.45, 2.75) is 44.2 Å². The van der Waals surface area contributed by atoms with E-state index in [1.807, 2.05) is 6.07 Å². The van der Waals surface area contributed by atoms with E-state index in [1.54, 1.807) is 0 Å². The highest BCUT2D eigenvalue weighted by atomic mass is 35.5. The van der Waals surface area contributed by atoms with Gasteiger partial charge in [-0.25, -0.2) is 0 Å². The summed E-state index contributed by atoms with van der Waals surface area (Å²) in [6.07, 6.45) is 6.59. The van der Waals surface area contributed by atoms with E-state index in [1.165, 1.54) is 56.4 Å². The van der Waals surface area contributed by atoms with Gasteiger partial charge in [0.25, 0.3) is 0 Å². The number of rotatable bonds is 4. The molecule has 2 unspecified atom stereocenters. The fourth-order valence-corrected chi connectivity index (χ4v) is 4.06. The molecule has 108 valence electrons. The van der Waals surface area contributed by atoms with Crippen molar-refractivity contribution in [1.82, 2.24) is 10.2 Å². The molecule has 2 aliphatic carbocycles. The van der Waals surface area contributed by atoms with Gasteiger partial charge in [0.05, 0.1) is 0 Å². The first-order chi connectivity index (χ1) is 9.78. The Morgan fingerprint density at radius 3 is 2.85 bits per heavy atom. The minimum Gasteiger partial charge on any atom is -0.313 e. The Kier molecular flexibility index (Phi) is 3.49. The molecule has 1 aromatic rings. The first-order valence-corrected chi connectivity index (χ1v) is 8.40. The number of halogens is 1. The maximum atomic E-state index is 6.08. The monoisotopic (exact) mass is 290 g/mol. The average Bonchev–Trinajstić information content (AvgIpc) is 3.04. The number of hydrogen-bond donors (Lipinski definition) is 1. The molecule has 3 aliphatic rings. The largest absolute Gasteiger partial charge is 0.313 e. The fraction of sp³-hybridized carbons (Fsp3) is 0.647. The minimum absolute atomic E-state index is 0.624. The van der Waals surface area contributed by atoms with Crippen LogP contribution in [-0.4, -0.2) is 36.6 Å². The molecule has 2 nitrogen and oxygen atoms in total. The maximum absolute atomic E-state index is 6.08. The molecule has 2 fully saturated rings. The van der Waals surface area contributed by atoms with Gasteiger partial charge in [-0.2, -0.15) is 0 Å². The molecule has 1 saturated heterocycles. The zero-order valence-electron chi connectivity index (χ0n) is 11.9. The second-order valence-corrected chi connectivity index (χ2v) is 7.24. The molecule has 1 saturated carbocycles. The zero-order chi connectivity index (χ0) is 13.5. The number of likely N-dealkylation sites (tertiary alicyclic amines) is 1. The SMILES string of the molecule is Clc1ccc2c(c1)CC(NCC1CCN(C3CC3)C1)C2. The molecule has 2 atom stereocenters. The highest BCUT2D eigenvalue weighted by Crippen LogP contribution is 2.32. The topological polar surface area (TPSA) is 15.3 Å². The van der Waals surface area contributed by atoms with Crippen LogP contribution in [0.1, 0.15) is 30.4 Å². The van der Waals surface area contributed by atoms with E-state index in [0.717, 1.165) is 23.4 Å². The van der Waals surface area contributed by atoms with E-state index in [-0.39, 0.29) is 0 Å². The summed E-state index contributed by atoms with van der Waals surface area (Å²) in [6, 6.07) is 7.93. The van der Waals surface area contributed by atoms with Gasteiger partial charge in [-0.1, -0.05) is 17.7 Å². The van der Waals surface area contributed by atoms with Crippen LogP contribution in [0.15, 0.2) is 18.2 Å². The molecule has 3 heteroatoms. The highest BCUT2D eigenvalue weighted by Gasteiger charge is 2.34. The van der Waals surface area contributed by atoms with Crippen LogP contribution in [0.2, 0.25) is 5.02 Å². The number of fused-ring (bicyclic) bond motifs is 1. The lowest BCUT2D eigenvalue weighted by Crippen LogP contribution is -2.35. The van der Waals surface area contributed by atoms with E-state index in [9.17, 15) is 0 Å². The molecule has 0 aromatic heterocycles. The molecular weight excluding hydrogens is 268 g/mol. The van der Waals surface area contributed by atoms with Crippen LogP contribution in [-0.2, 0) is 12.8 Å². The Balaban J connectivity index is 1.27. The van der Waals surface area contributed by atoms with Gasteiger partial charge in [-0.3, -0.25) is 0 Å². The van der Waals surface area contributed by atoms with Crippen LogP contribution in [0, 0.1) is 5.92 Å². The summed E-state index contributed by atoms with van der Waals surface area (Å²) < 4.78 is 0. The summed E-state index contributed by atoms with van der Waals surface area (Å²) in [6.45, 7) is 3.84. The average molecular weight is 291 g/mol. The third kappa shape index (κ3) is 2.74. The molecule has 1 aromatic carbocycles. The van der Waals surface area contributed by atoms with Crippen molar-refractivity contribution in [2.24, 2.45) is 5.92 Å². The van der Waals surface area contributed by atoms with Gasteiger partial charge in [-0.05, 0) is 74.4 Å². The van der Waals surface area contributed by atoms with Crippen molar-refractivity contribution in [3.8, 4) is 0 Å². The fourth-order valence-electron chi connectivity index (χ4n) is 3.86. The number of hydrogen-bond acceptors (Lipinski definition) is 2. The van der Waals surface area contributed by atoms with Gasteiger partial charge < -0.3 is 10.2 Å². The van der Waals surface area contributed by atoms with E-state index >= 15 is 0 Å². The molecule has 0 spiro atoms. The van der Waals surface area contributed by atoms with Crippen molar-refractivity contribution in [2.75, 3.05) is 19.6 Å². The number of nitrogens with zero attached hydrogens (tertiary/aromatic N) is 1. The Labute approximate surface area is 126 Å². The van der Waals surface area contributed by atoms with Crippen molar-refractivity contribution >= 4 is 11.6 Å².